The smallest absolute Gasteiger partial charge is 0.271 e. The molecule has 0 bridgehead atoms. The molecule has 7 heteroatoms. The van der Waals surface area contributed by atoms with Crippen LogP contribution >= 0.6 is 11.3 Å². The van der Waals surface area contributed by atoms with E-state index < -0.39 is 10.0 Å². The molecule has 1 aromatic heterocycles. The lowest BCUT2D eigenvalue weighted by molar-refractivity contribution is 0.0439. The second-order valence-electron chi connectivity index (χ2n) is 2.79. The van der Waals surface area contributed by atoms with E-state index in [1.807, 2.05) is 11.8 Å². The lowest BCUT2D eigenvalue weighted by Gasteiger charge is -2.04. The van der Waals surface area contributed by atoms with Crippen LogP contribution in [-0.2, 0) is 19.6 Å². The Morgan fingerprint density at radius 3 is 2.67 bits per heavy atom. The van der Waals surface area contributed by atoms with E-state index in [0.29, 0.717) is 6.61 Å². The molecule has 0 aromatic carbocycles. The van der Waals surface area contributed by atoms with Gasteiger partial charge in [-0.1, -0.05) is 4.89 Å². The summed E-state index contributed by atoms with van der Waals surface area (Å²) in [5.74, 6) is 0. The molecule has 0 amide bonds. The van der Waals surface area contributed by atoms with Gasteiger partial charge in [-0.15, -0.1) is 11.3 Å². The van der Waals surface area contributed by atoms with E-state index in [1.54, 1.807) is 12.1 Å². The zero-order chi connectivity index (χ0) is 11.3. The molecule has 0 fully saturated rings. The molecule has 0 atom stereocenters. The van der Waals surface area contributed by atoms with Crippen molar-refractivity contribution in [2.45, 2.75) is 11.1 Å². The average Bonchev–Trinajstić information content (AvgIpc) is 2.60. The fourth-order valence-electron chi connectivity index (χ4n) is 0.842. The summed E-state index contributed by atoms with van der Waals surface area (Å²) in [7, 11) is -2.01. The summed E-state index contributed by atoms with van der Waals surface area (Å²) in [5.41, 5.74) is 0. The largest absolute Gasteiger partial charge is 0.382 e. The fraction of sp³-hybridized carbons (Fsp3) is 0.500. The van der Waals surface area contributed by atoms with Gasteiger partial charge in [-0.3, -0.25) is 4.84 Å². The topological polar surface area (TPSA) is 64.6 Å². The van der Waals surface area contributed by atoms with Crippen LogP contribution in [0.4, 0.5) is 0 Å². The van der Waals surface area contributed by atoms with Gasteiger partial charge in [0.05, 0.1) is 13.2 Å². The summed E-state index contributed by atoms with van der Waals surface area (Å²) in [5, 5.41) is 0. The monoisotopic (exact) mass is 251 g/mol. The quantitative estimate of drug-likeness (QED) is 0.603. The summed E-state index contributed by atoms with van der Waals surface area (Å²) < 4.78 is 28.0. The maximum Gasteiger partial charge on any atom is 0.271 e. The highest BCUT2D eigenvalue weighted by Crippen LogP contribution is 2.19. The first kappa shape index (κ1) is 12.6. The van der Waals surface area contributed by atoms with Crippen LogP contribution in [0.25, 0.3) is 0 Å². The molecule has 1 heterocycles. The summed E-state index contributed by atoms with van der Waals surface area (Å²) in [4.78, 5) is 7.71. The zero-order valence-electron chi connectivity index (χ0n) is 8.52. The van der Waals surface area contributed by atoms with Crippen molar-refractivity contribution in [1.29, 1.82) is 0 Å². The van der Waals surface area contributed by atoms with Crippen molar-refractivity contribution in [2.24, 2.45) is 0 Å². The number of rotatable bonds is 6. The summed E-state index contributed by atoms with van der Waals surface area (Å²) >= 11 is 1.20. The number of aryl methyl sites for hydroxylation is 1. The number of nitrogens with one attached hydrogen (secondary N) is 1. The maximum absolute atomic E-state index is 11.5. The van der Waals surface area contributed by atoms with Crippen molar-refractivity contribution >= 4 is 21.4 Å². The van der Waals surface area contributed by atoms with Crippen molar-refractivity contribution in [2.75, 3.05) is 20.3 Å². The van der Waals surface area contributed by atoms with E-state index >= 15 is 0 Å². The van der Waals surface area contributed by atoms with Gasteiger partial charge in [0.15, 0.2) is 0 Å². The zero-order valence-corrected chi connectivity index (χ0v) is 10.2. The van der Waals surface area contributed by atoms with Crippen LogP contribution in [0.2, 0.25) is 0 Å². The average molecular weight is 251 g/mol. The van der Waals surface area contributed by atoms with Gasteiger partial charge < -0.3 is 4.74 Å². The normalized spacial score (nSPS) is 11.9. The minimum atomic E-state index is -3.53. The lowest BCUT2D eigenvalue weighted by atomic mass is 10.5. The molecule has 0 radical (unpaired) electrons. The first-order valence-electron chi connectivity index (χ1n) is 4.25. The fourth-order valence-corrected chi connectivity index (χ4v) is 2.93. The molecular weight excluding hydrogens is 238 g/mol. The van der Waals surface area contributed by atoms with Gasteiger partial charge in [0.25, 0.3) is 10.0 Å². The van der Waals surface area contributed by atoms with E-state index in [9.17, 15) is 8.42 Å². The van der Waals surface area contributed by atoms with Crippen LogP contribution in [0, 0.1) is 6.92 Å². The molecular formula is C8H13NO4S2. The van der Waals surface area contributed by atoms with Crippen LogP contribution in [0.5, 0.6) is 0 Å². The second-order valence-corrected chi connectivity index (χ2v) is 5.95. The first-order valence-corrected chi connectivity index (χ1v) is 6.55. The van der Waals surface area contributed by atoms with Crippen LogP contribution in [0.15, 0.2) is 16.3 Å². The van der Waals surface area contributed by atoms with Crippen LogP contribution in [0.1, 0.15) is 4.88 Å². The second kappa shape index (κ2) is 5.57. The van der Waals surface area contributed by atoms with Crippen LogP contribution in [-0.4, -0.2) is 28.7 Å². The van der Waals surface area contributed by atoms with Gasteiger partial charge in [-0.05, 0) is 19.1 Å². The van der Waals surface area contributed by atoms with E-state index in [0.717, 1.165) is 4.88 Å². The molecule has 0 saturated carbocycles. The first-order chi connectivity index (χ1) is 7.06. The van der Waals surface area contributed by atoms with Gasteiger partial charge in [-0.2, -0.15) is 0 Å². The van der Waals surface area contributed by atoms with Gasteiger partial charge in [0.2, 0.25) is 0 Å². The van der Waals surface area contributed by atoms with Crippen LogP contribution < -0.4 is 4.89 Å². The van der Waals surface area contributed by atoms with E-state index in [2.05, 4.69) is 0 Å². The lowest BCUT2D eigenvalue weighted by Crippen LogP contribution is -2.24. The molecule has 86 valence electrons. The van der Waals surface area contributed by atoms with E-state index in [1.165, 1.54) is 18.4 Å². The molecule has 0 spiro atoms. The van der Waals surface area contributed by atoms with Gasteiger partial charge in [0.1, 0.15) is 4.21 Å². The molecule has 1 N–H and O–H groups in total. The molecule has 0 aliphatic rings. The highest BCUT2D eigenvalue weighted by Gasteiger charge is 2.15. The Labute approximate surface area is 93.0 Å². The Hall–Kier alpha value is -0.470. The number of thiophene rings is 1. The van der Waals surface area contributed by atoms with Crippen molar-refractivity contribution in [1.82, 2.24) is 4.89 Å². The van der Waals surface area contributed by atoms with Crippen molar-refractivity contribution < 1.29 is 18.0 Å². The third kappa shape index (κ3) is 3.88. The third-order valence-electron chi connectivity index (χ3n) is 1.54. The van der Waals surface area contributed by atoms with Crippen molar-refractivity contribution in [3.05, 3.63) is 17.0 Å². The van der Waals surface area contributed by atoms with Gasteiger partial charge in [0, 0.05) is 12.0 Å². The molecule has 1 aromatic rings. The van der Waals surface area contributed by atoms with Gasteiger partial charge >= 0.3 is 0 Å². The van der Waals surface area contributed by atoms with E-state index in [-0.39, 0.29) is 10.8 Å². The maximum atomic E-state index is 11.5. The summed E-state index contributed by atoms with van der Waals surface area (Å²) in [6, 6.07) is 3.29. The van der Waals surface area contributed by atoms with Crippen LogP contribution in [0.3, 0.4) is 0 Å². The molecule has 1 rings (SSSR count). The predicted molar refractivity (Wildman–Crippen MR) is 57.2 cm³/mol. The number of hydrogen-bond acceptors (Lipinski definition) is 5. The minimum absolute atomic E-state index is 0.181. The molecule has 5 nitrogen and oxygen atoms in total. The molecule has 15 heavy (non-hydrogen) atoms. The molecule has 0 saturated heterocycles. The molecule has 0 unspecified atom stereocenters. The Morgan fingerprint density at radius 1 is 1.40 bits per heavy atom. The predicted octanol–water partition coefficient (Wildman–Crippen LogP) is 0.913. The summed E-state index contributed by atoms with van der Waals surface area (Å²) in [6.07, 6.45) is 0. The SMILES string of the molecule is COCCONS(=O)(=O)c1ccc(C)s1. The van der Waals surface area contributed by atoms with Crippen molar-refractivity contribution in [3.8, 4) is 0 Å². The number of ether oxygens (including phenoxy) is 1. The number of sulfonamides is 1. The van der Waals surface area contributed by atoms with Crippen molar-refractivity contribution in [3.63, 3.8) is 0 Å². The Balaban J connectivity index is 2.53. The molecule has 0 aliphatic heterocycles. The Bertz CT molecular complexity index is 399. The van der Waals surface area contributed by atoms with Gasteiger partial charge in [-0.25, -0.2) is 8.42 Å². The standard InChI is InChI=1S/C8H13NO4S2/c1-7-3-4-8(14-7)15(10,11)9-13-6-5-12-2/h3-4,9H,5-6H2,1-2H3. The highest BCUT2D eigenvalue weighted by molar-refractivity contribution is 7.91. The Kier molecular flexibility index (Phi) is 4.68. The Morgan fingerprint density at radius 2 is 2.13 bits per heavy atom. The number of methoxy groups -OCH3 is 1. The van der Waals surface area contributed by atoms with E-state index in [4.69, 9.17) is 9.57 Å². The number of hydrogen-bond donors (Lipinski definition) is 1. The minimum Gasteiger partial charge on any atom is -0.382 e. The summed E-state index contributed by atoms with van der Waals surface area (Å²) in [6.45, 7) is 2.36. The highest BCUT2D eigenvalue weighted by atomic mass is 32.2. The molecule has 0 aliphatic carbocycles. The third-order valence-corrected chi connectivity index (χ3v) is 4.25.